The third-order valence-electron chi connectivity index (χ3n) is 7.07. The van der Waals surface area contributed by atoms with Crippen molar-refractivity contribution in [2.24, 2.45) is 0 Å². The molecule has 1 heterocycles. The molecule has 0 saturated carbocycles. The van der Waals surface area contributed by atoms with E-state index in [0.717, 1.165) is 4.47 Å². The van der Waals surface area contributed by atoms with Gasteiger partial charge in [0.1, 0.15) is 0 Å². The zero-order chi connectivity index (χ0) is 24.1. The molecule has 0 atom stereocenters. The minimum Gasteiger partial charge on any atom is -0.309 e. The molecule has 2 heteroatoms. The van der Waals surface area contributed by atoms with Crippen LogP contribution in [0, 0.1) is 0 Å². The predicted molar refractivity (Wildman–Crippen MR) is 157 cm³/mol. The summed E-state index contributed by atoms with van der Waals surface area (Å²) in [5, 5.41) is 5.06. The molecule has 0 radical (unpaired) electrons. The second-order valence-corrected chi connectivity index (χ2v) is 10.00. The second-order valence-electron chi connectivity index (χ2n) is 9.14. The summed E-state index contributed by atoms with van der Waals surface area (Å²) in [7, 11) is 0. The van der Waals surface area contributed by atoms with Gasteiger partial charge < -0.3 is 4.57 Å². The van der Waals surface area contributed by atoms with E-state index in [1.54, 1.807) is 0 Å². The van der Waals surface area contributed by atoms with Crippen LogP contribution in [0.4, 0.5) is 0 Å². The van der Waals surface area contributed by atoms with Gasteiger partial charge in [0.25, 0.3) is 0 Å². The molecule has 7 rings (SSSR count). The first kappa shape index (κ1) is 21.2. The minimum absolute atomic E-state index is 1.09. The lowest BCUT2D eigenvalue weighted by atomic mass is 9.95. The van der Waals surface area contributed by atoms with E-state index in [1.807, 2.05) is 0 Å². The topological polar surface area (TPSA) is 4.93 Å². The normalized spacial score (nSPS) is 11.5. The first-order valence-corrected chi connectivity index (χ1v) is 12.9. The van der Waals surface area contributed by atoms with Crippen molar-refractivity contribution in [2.45, 2.75) is 0 Å². The maximum atomic E-state index is 3.84. The van der Waals surface area contributed by atoms with Crippen LogP contribution >= 0.6 is 15.9 Å². The van der Waals surface area contributed by atoms with Gasteiger partial charge in [0.05, 0.1) is 11.0 Å². The minimum atomic E-state index is 1.09. The van der Waals surface area contributed by atoms with Gasteiger partial charge in [0.15, 0.2) is 0 Å². The van der Waals surface area contributed by atoms with E-state index in [0.29, 0.717) is 0 Å². The van der Waals surface area contributed by atoms with Crippen molar-refractivity contribution in [1.29, 1.82) is 0 Å². The van der Waals surface area contributed by atoms with Crippen LogP contribution < -0.4 is 0 Å². The third-order valence-corrected chi connectivity index (χ3v) is 7.76. The molecule has 36 heavy (non-hydrogen) atoms. The zero-order valence-corrected chi connectivity index (χ0v) is 21.1. The SMILES string of the molecule is Brc1ccc(-c2cccc3ccccc23)cc1-c1ccc2c3ccccc3n(-c3ccccc3)c2c1. The van der Waals surface area contributed by atoms with Crippen LogP contribution in [0.15, 0.2) is 138 Å². The van der Waals surface area contributed by atoms with Crippen LogP contribution in [-0.2, 0) is 0 Å². The molecular weight excluding hydrogens is 502 g/mol. The summed E-state index contributed by atoms with van der Waals surface area (Å²) in [5.41, 5.74) is 8.45. The number of nitrogens with zero attached hydrogens (tertiary/aromatic N) is 1. The van der Waals surface area contributed by atoms with Gasteiger partial charge in [-0.1, -0.05) is 113 Å². The standard InChI is InChI=1S/C34H22BrN/c35-32-20-18-24(28-15-8-10-23-9-4-5-13-27(23)28)21-31(32)25-17-19-30-29-14-6-7-16-33(29)36(34(30)22-25)26-11-2-1-3-12-26/h1-22H. The quantitative estimate of drug-likeness (QED) is 0.217. The van der Waals surface area contributed by atoms with Crippen molar-refractivity contribution in [3.63, 3.8) is 0 Å². The lowest BCUT2D eigenvalue weighted by Gasteiger charge is -2.12. The van der Waals surface area contributed by atoms with Crippen LogP contribution in [0.3, 0.4) is 0 Å². The fraction of sp³-hybridized carbons (Fsp3) is 0. The average Bonchev–Trinajstić information content (AvgIpc) is 3.27. The number of benzene rings is 6. The summed E-state index contributed by atoms with van der Waals surface area (Å²) in [4.78, 5) is 0. The molecule has 170 valence electrons. The number of rotatable bonds is 3. The average molecular weight is 524 g/mol. The maximum absolute atomic E-state index is 3.84. The summed E-state index contributed by atoms with van der Waals surface area (Å²) < 4.78 is 3.46. The first-order chi connectivity index (χ1) is 17.8. The molecule has 0 amide bonds. The van der Waals surface area contributed by atoms with Gasteiger partial charge in [-0.2, -0.15) is 0 Å². The van der Waals surface area contributed by atoms with Crippen molar-refractivity contribution >= 4 is 48.5 Å². The molecular formula is C34H22BrN. The Bertz CT molecular complexity index is 1890. The summed E-state index contributed by atoms with van der Waals surface area (Å²) in [6.45, 7) is 0. The van der Waals surface area contributed by atoms with E-state index >= 15 is 0 Å². The maximum Gasteiger partial charge on any atom is 0.0547 e. The Labute approximate surface area is 218 Å². The van der Waals surface area contributed by atoms with E-state index in [2.05, 4.69) is 154 Å². The van der Waals surface area contributed by atoms with Gasteiger partial charge in [0.2, 0.25) is 0 Å². The molecule has 7 aromatic rings. The zero-order valence-electron chi connectivity index (χ0n) is 19.5. The Hall–Kier alpha value is -4.14. The summed E-state index contributed by atoms with van der Waals surface area (Å²) >= 11 is 3.84. The van der Waals surface area contributed by atoms with Gasteiger partial charge in [-0.25, -0.2) is 0 Å². The van der Waals surface area contributed by atoms with Gasteiger partial charge >= 0.3 is 0 Å². The highest BCUT2D eigenvalue weighted by Gasteiger charge is 2.14. The van der Waals surface area contributed by atoms with Crippen molar-refractivity contribution in [3.05, 3.63) is 138 Å². The Morgan fingerprint density at radius 2 is 1.11 bits per heavy atom. The van der Waals surface area contributed by atoms with Gasteiger partial charge in [-0.3, -0.25) is 0 Å². The number of fused-ring (bicyclic) bond motifs is 4. The monoisotopic (exact) mass is 523 g/mol. The largest absolute Gasteiger partial charge is 0.309 e. The summed E-state index contributed by atoms with van der Waals surface area (Å²) in [6, 6.07) is 47.9. The molecule has 0 aliphatic rings. The molecule has 0 saturated heterocycles. The molecule has 0 bridgehead atoms. The van der Waals surface area contributed by atoms with Crippen LogP contribution in [0.25, 0.3) is 60.5 Å². The first-order valence-electron chi connectivity index (χ1n) is 12.1. The molecule has 0 fully saturated rings. The van der Waals surface area contributed by atoms with Crippen molar-refractivity contribution in [2.75, 3.05) is 0 Å². The predicted octanol–water partition coefficient (Wildman–Crippen LogP) is 10.0. The number of aromatic nitrogens is 1. The molecule has 0 aliphatic heterocycles. The van der Waals surface area contributed by atoms with Crippen LogP contribution in [-0.4, -0.2) is 4.57 Å². The van der Waals surface area contributed by atoms with E-state index in [1.165, 1.54) is 60.5 Å². The van der Waals surface area contributed by atoms with Crippen LogP contribution in [0.5, 0.6) is 0 Å². The van der Waals surface area contributed by atoms with E-state index < -0.39 is 0 Å². The van der Waals surface area contributed by atoms with Gasteiger partial charge in [-0.15, -0.1) is 0 Å². The fourth-order valence-corrected chi connectivity index (χ4v) is 5.86. The molecule has 0 aliphatic carbocycles. The summed E-state index contributed by atoms with van der Waals surface area (Å²) in [6.07, 6.45) is 0. The van der Waals surface area contributed by atoms with Crippen LogP contribution in [0.1, 0.15) is 0 Å². The Morgan fingerprint density at radius 1 is 0.444 bits per heavy atom. The Kier molecular flexibility index (Phi) is 5.00. The smallest absolute Gasteiger partial charge is 0.0547 e. The number of halogens is 1. The van der Waals surface area contributed by atoms with Gasteiger partial charge in [-0.05, 0) is 69.4 Å². The molecule has 0 spiro atoms. The Balaban J connectivity index is 1.46. The number of hydrogen-bond acceptors (Lipinski definition) is 0. The second kappa shape index (κ2) is 8.51. The van der Waals surface area contributed by atoms with E-state index in [9.17, 15) is 0 Å². The van der Waals surface area contributed by atoms with Crippen molar-refractivity contribution in [3.8, 4) is 27.9 Å². The summed E-state index contributed by atoms with van der Waals surface area (Å²) in [5.74, 6) is 0. The fourth-order valence-electron chi connectivity index (χ4n) is 5.38. The molecule has 1 nitrogen and oxygen atoms in total. The lowest BCUT2D eigenvalue weighted by molar-refractivity contribution is 1.18. The lowest BCUT2D eigenvalue weighted by Crippen LogP contribution is -1.93. The van der Waals surface area contributed by atoms with E-state index in [-0.39, 0.29) is 0 Å². The molecule has 0 N–H and O–H groups in total. The number of para-hydroxylation sites is 2. The number of hydrogen-bond donors (Lipinski definition) is 0. The molecule has 6 aromatic carbocycles. The van der Waals surface area contributed by atoms with Crippen molar-refractivity contribution < 1.29 is 0 Å². The highest BCUT2D eigenvalue weighted by molar-refractivity contribution is 9.10. The highest BCUT2D eigenvalue weighted by atomic mass is 79.9. The van der Waals surface area contributed by atoms with E-state index in [4.69, 9.17) is 0 Å². The third kappa shape index (κ3) is 3.37. The Morgan fingerprint density at radius 3 is 2.00 bits per heavy atom. The van der Waals surface area contributed by atoms with Gasteiger partial charge in [0, 0.05) is 20.9 Å². The van der Waals surface area contributed by atoms with Crippen LogP contribution in [0.2, 0.25) is 0 Å². The van der Waals surface area contributed by atoms with Crippen molar-refractivity contribution in [1.82, 2.24) is 4.57 Å². The highest BCUT2D eigenvalue weighted by Crippen LogP contribution is 2.39. The molecule has 1 aromatic heterocycles. The molecule has 0 unspecified atom stereocenters.